The number of benzene rings is 1. The van der Waals surface area contributed by atoms with Crippen molar-refractivity contribution in [1.82, 2.24) is 5.32 Å². The van der Waals surface area contributed by atoms with Gasteiger partial charge in [0.2, 0.25) is 5.91 Å². The lowest BCUT2D eigenvalue weighted by Crippen LogP contribution is -2.53. The van der Waals surface area contributed by atoms with Crippen LogP contribution in [0.3, 0.4) is 0 Å². The Balaban J connectivity index is 2.63. The summed E-state index contributed by atoms with van der Waals surface area (Å²) in [6.07, 6.45) is 2.14. The fraction of sp³-hybridized carbons (Fsp3) is 0.533. The molecule has 0 saturated heterocycles. The smallest absolute Gasteiger partial charge is 0.224 e. The quantitative estimate of drug-likeness (QED) is 0.810. The molecule has 0 spiro atoms. The van der Waals surface area contributed by atoms with Crippen LogP contribution < -0.4 is 11.1 Å². The van der Waals surface area contributed by atoms with E-state index in [4.69, 9.17) is 5.73 Å². The van der Waals surface area contributed by atoms with Crippen LogP contribution in [0.25, 0.3) is 0 Å². The van der Waals surface area contributed by atoms with E-state index >= 15 is 0 Å². The second-order valence-corrected chi connectivity index (χ2v) is 4.90. The Hall–Kier alpha value is -1.35. The van der Waals surface area contributed by atoms with Crippen LogP contribution >= 0.6 is 0 Å². The zero-order chi connectivity index (χ0) is 13.6. The van der Waals surface area contributed by atoms with Crippen LogP contribution in [0, 0.1) is 6.92 Å². The Kier molecular flexibility index (Phi) is 5.35. The Bertz CT molecular complexity index is 372. The molecule has 3 N–H and O–H groups in total. The maximum atomic E-state index is 12.0. The highest BCUT2D eigenvalue weighted by molar-refractivity contribution is 5.79. The van der Waals surface area contributed by atoms with Crippen molar-refractivity contribution in [2.75, 3.05) is 6.54 Å². The molecule has 3 nitrogen and oxygen atoms in total. The van der Waals surface area contributed by atoms with E-state index in [1.165, 1.54) is 5.56 Å². The summed E-state index contributed by atoms with van der Waals surface area (Å²) in [5.74, 6) is 0.0491. The maximum absolute atomic E-state index is 12.0. The summed E-state index contributed by atoms with van der Waals surface area (Å²) in [6.45, 7) is 6.64. The van der Waals surface area contributed by atoms with Crippen LogP contribution in [0.4, 0.5) is 0 Å². The van der Waals surface area contributed by atoms with Crippen molar-refractivity contribution in [3.63, 3.8) is 0 Å². The van der Waals surface area contributed by atoms with Crippen molar-refractivity contribution in [2.24, 2.45) is 5.73 Å². The monoisotopic (exact) mass is 248 g/mol. The van der Waals surface area contributed by atoms with E-state index < -0.39 is 0 Å². The second kappa shape index (κ2) is 6.55. The summed E-state index contributed by atoms with van der Waals surface area (Å²) in [7, 11) is 0. The van der Waals surface area contributed by atoms with Gasteiger partial charge in [0.1, 0.15) is 0 Å². The highest BCUT2D eigenvalue weighted by Crippen LogP contribution is 2.13. The molecule has 0 atom stereocenters. The van der Waals surface area contributed by atoms with Crippen molar-refractivity contribution < 1.29 is 4.79 Å². The topological polar surface area (TPSA) is 55.1 Å². The normalized spacial score (nSPS) is 11.3. The van der Waals surface area contributed by atoms with Gasteiger partial charge in [-0.2, -0.15) is 0 Å². The van der Waals surface area contributed by atoms with E-state index in [0.717, 1.165) is 18.4 Å². The molecule has 0 heterocycles. The molecule has 1 amide bonds. The molecule has 1 aromatic rings. The highest BCUT2D eigenvalue weighted by Gasteiger charge is 2.25. The molecule has 0 saturated carbocycles. The van der Waals surface area contributed by atoms with Gasteiger partial charge < -0.3 is 11.1 Å². The molecule has 0 bridgehead atoms. The van der Waals surface area contributed by atoms with Crippen LogP contribution in [0.2, 0.25) is 0 Å². The molecule has 0 aliphatic heterocycles. The standard InChI is InChI=1S/C15H24N2O/c1-4-15(5-2,11-16)17-14(18)10-13-8-6-12(3)7-9-13/h6-9H,4-5,10-11,16H2,1-3H3,(H,17,18). The number of aryl methyl sites for hydroxylation is 1. The zero-order valence-electron chi connectivity index (χ0n) is 11.6. The Morgan fingerprint density at radius 1 is 1.22 bits per heavy atom. The minimum atomic E-state index is -0.248. The molecule has 0 aliphatic rings. The molecule has 18 heavy (non-hydrogen) atoms. The van der Waals surface area contributed by atoms with Gasteiger partial charge in [-0.05, 0) is 25.3 Å². The minimum absolute atomic E-state index is 0.0491. The lowest BCUT2D eigenvalue weighted by molar-refractivity contribution is -0.122. The predicted octanol–water partition coefficient (Wildman–Crippen LogP) is 2.17. The van der Waals surface area contributed by atoms with E-state index in [9.17, 15) is 4.79 Å². The SMILES string of the molecule is CCC(CC)(CN)NC(=O)Cc1ccc(C)cc1. The van der Waals surface area contributed by atoms with Gasteiger partial charge in [0.25, 0.3) is 0 Å². The minimum Gasteiger partial charge on any atom is -0.349 e. The van der Waals surface area contributed by atoms with Crippen molar-refractivity contribution in [1.29, 1.82) is 0 Å². The Labute approximate surface area is 110 Å². The predicted molar refractivity (Wildman–Crippen MR) is 75.4 cm³/mol. The van der Waals surface area contributed by atoms with Gasteiger partial charge in [-0.25, -0.2) is 0 Å². The number of nitrogens with two attached hydrogens (primary N) is 1. The molecule has 1 rings (SSSR count). The molecular formula is C15H24N2O. The summed E-state index contributed by atoms with van der Waals surface area (Å²) >= 11 is 0. The van der Waals surface area contributed by atoms with Crippen molar-refractivity contribution in [2.45, 2.75) is 45.6 Å². The molecule has 0 radical (unpaired) electrons. The molecule has 3 heteroatoms. The van der Waals surface area contributed by atoms with E-state index in [0.29, 0.717) is 13.0 Å². The van der Waals surface area contributed by atoms with Crippen molar-refractivity contribution in [3.05, 3.63) is 35.4 Å². The Morgan fingerprint density at radius 2 is 1.78 bits per heavy atom. The van der Waals surface area contributed by atoms with E-state index in [1.54, 1.807) is 0 Å². The Morgan fingerprint density at radius 3 is 2.22 bits per heavy atom. The van der Waals surface area contributed by atoms with Crippen LogP contribution in [0.5, 0.6) is 0 Å². The first-order valence-electron chi connectivity index (χ1n) is 6.62. The average molecular weight is 248 g/mol. The second-order valence-electron chi connectivity index (χ2n) is 4.90. The third-order valence-electron chi connectivity index (χ3n) is 3.63. The summed E-state index contributed by atoms with van der Waals surface area (Å²) < 4.78 is 0. The number of hydrogen-bond donors (Lipinski definition) is 2. The van der Waals surface area contributed by atoms with Crippen LogP contribution in [0.1, 0.15) is 37.8 Å². The van der Waals surface area contributed by atoms with Crippen LogP contribution in [-0.4, -0.2) is 18.0 Å². The molecule has 100 valence electrons. The van der Waals surface area contributed by atoms with Crippen LogP contribution in [-0.2, 0) is 11.2 Å². The molecule has 0 unspecified atom stereocenters. The van der Waals surface area contributed by atoms with Gasteiger partial charge in [-0.15, -0.1) is 0 Å². The molecule has 0 aromatic heterocycles. The van der Waals surface area contributed by atoms with Gasteiger partial charge >= 0.3 is 0 Å². The molecule has 0 fully saturated rings. The first kappa shape index (κ1) is 14.7. The maximum Gasteiger partial charge on any atom is 0.224 e. The average Bonchev–Trinajstić information content (AvgIpc) is 2.39. The lowest BCUT2D eigenvalue weighted by Gasteiger charge is -2.31. The van der Waals surface area contributed by atoms with Gasteiger partial charge in [0.05, 0.1) is 12.0 Å². The first-order valence-corrected chi connectivity index (χ1v) is 6.62. The number of hydrogen-bond acceptors (Lipinski definition) is 2. The van der Waals surface area contributed by atoms with Gasteiger partial charge in [0, 0.05) is 6.54 Å². The molecule has 0 aliphatic carbocycles. The van der Waals surface area contributed by atoms with Gasteiger partial charge in [-0.1, -0.05) is 43.7 Å². The van der Waals surface area contributed by atoms with E-state index in [1.807, 2.05) is 31.2 Å². The number of amides is 1. The number of rotatable bonds is 6. The largest absolute Gasteiger partial charge is 0.349 e. The fourth-order valence-corrected chi connectivity index (χ4v) is 2.00. The highest BCUT2D eigenvalue weighted by atomic mass is 16.1. The lowest BCUT2D eigenvalue weighted by atomic mass is 9.92. The number of carbonyl (C=O) groups excluding carboxylic acids is 1. The summed E-state index contributed by atoms with van der Waals surface area (Å²) in [5.41, 5.74) is 7.77. The molecular weight excluding hydrogens is 224 g/mol. The number of nitrogens with one attached hydrogen (secondary N) is 1. The van der Waals surface area contributed by atoms with E-state index in [2.05, 4.69) is 19.2 Å². The van der Waals surface area contributed by atoms with Gasteiger partial charge in [0.15, 0.2) is 0 Å². The third-order valence-corrected chi connectivity index (χ3v) is 3.63. The summed E-state index contributed by atoms with van der Waals surface area (Å²) in [4.78, 5) is 12.0. The van der Waals surface area contributed by atoms with Crippen molar-refractivity contribution in [3.8, 4) is 0 Å². The zero-order valence-corrected chi connectivity index (χ0v) is 11.6. The van der Waals surface area contributed by atoms with Crippen molar-refractivity contribution >= 4 is 5.91 Å². The number of carbonyl (C=O) groups is 1. The summed E-state index contributed by atoms with van der Waals surface area (Å²) in [5, 5.41) is 3.08. The third kappa shape index (κ3) is 3.84. The van der Waals surface area contributed by atoms with Gasteiger partial charge in [-0.3, -0.25) is 4.79 Å². The van der Waals surface area contributed by atoms with Crippen LogP contribution in [0.15, 0.2) is 24.3 Å². The summed E-state index contributed by atoms with van der Waals surface area (Å²) in [6, 6.07) is 8.05. The fourth-order valence-electron chi connectivity index (χ4n) is 2.00. The van der Waals surface area contributed by atoms with E-state index in [-0.39, 0.29) is 11.4 Å². The molecule has 1 aromatic carbocycles. The first-order chi connectivity index (χ1) is 8.55.